The smallest absolute Gasteiger partial charge is 0.303 e. The highest BCUT2D eigenvalue weighted by molar-refractivity contribution is 6.01. The van der Waals surface area contributed by atoms with Crippen molar-refractivity contribution < 1.29 is 33.0 Å². The fourth-order valence-electron chi connectivity index (χ4n) is 6.45. The van der Waals surface area contributed by atoms with Gasteiger partial charge in [-0.05, 0) is 49.8 Å². The number of ether oxygens (including phenoxy) is 1. The Hall–Kier alpha value is -2.15. The summed E-state index contributed by atoms with van der Waals surface area (Å²) >= 11 is 0. The molecule has 5 nitrogen and oxygen atoms in total. The van der Waals surface area contributed by atoms with Crippen molar-refractivity contribution in [1.82, 2.24) is 0 Å². The molecule has 7 atom stereocenters. The zero-order valence-corrected chi connectivity index (χ0v) is 17.3. The molecule has 0 heterocycles. The van der Waals surface area contributed by atoms with E-state index in [0.29, 0.717) is 12.0 Å². The molecule has 0 saturated heterocycles. The number of hydrogen-bond donors (Lipinski definition) is 1. The van der Waals surface area contributed by atoms with E-state index < -0.39 is 47.3 Å². The van der Waals surface area contributed by atoms with Gasteiger partial charge in [0.05, 0.1) is 6.10 Å². The SMILES string of the molecule is CC(=O)OCC(=O)C1=CCC2C3CC(F)C4=CC(=O)C=C[C@]4(C)[C@@]3(F)C(O)C[C@]12C. The van der Waals surface area contributed by atoms with Gasteiger partial charge < -0.3 is 9.84 Å². The second-order valence-electron chi connectivity index (χ2n) is 9.42. The molecule has 0 aromatic rings. The Labute approximate surface area is 173 Å². The molecular formula is C23H26F2O5. The van der Waals surface area contributed by atoms with E-state index in [1.54, 1.807) is 19.9 Å². The lowest BCUT2D eigenvalue weighted by molar-refractivity contribution is -0.192. The quantitative estimate of drug-likeness (QED) is 0.710. The molecule has 0 spiro atoms. The molecule has 1 N–H and O–H groups in total. The van der Waals surface area contributed by atoms with Gasteiger partial charge in [-0.1, -0.05) is 19.1 Å². The lowest BCUT2D eigenvalue weighted by Crippen LogP contribution is -2.68. The summed E-state index contributed by atoms with van der Waals surface area (Å²) in [4.78, 5) is 35.6. The third-order valence-corrected chi connectivity index (χ3v) is 7.92. The van der Waals surface area contributed by atoms with Gasteiger partial charge in [-0.2, -0.15) is 0 Å². The highest BCUT2D eigenvalue weighted by Gasteiger charge is 2.71. The Bertz CT molecular complexity index is 921. The van der Waals surface area contributed by atoms with Crippen molar-refractivity contribution in [3.05, 3.63) is 35.5 Å². The molecule has 7 heteroatoms. The van der Waals surface area contributed by atoms with Crippen molar-refractivity contribution in [2.24, 2.45) is 22.7 Å². The summed E-state index contributed by atoms with van der Waals surface area (Å²) in [6.07, 6.45) is 2.76. The molecule has 2 saturated carbocycles. The number of carbonyl (C=O) groups excluding carboxylic acids is 3. The minimum atomic E-state index is -2.16. The highest BCUT2D eigenvalue weighted by atomic mass is 19.1. The molecule has 4 unspecified atom stereocenters. The molecule has 4 aliphatic carbocycles. The summed E-state index contributed by atoms with van der Waals surface area (Å²) < 4.78 is 36.9. The Balaban J connectivity index is 1.72. The Morgan fingerprint density at radius 2 is 2.00 bits per heavy atom. The van der Waals surface area contributed by atoms with Crippen LogP contribution in [0.15, 0.2) is 35.5 Å². The molecule has 2 fully saturated rings. The summed E-state index contributed by atoms with van der Waals surface area (Å²) in [5.41, 5.74) is -3.96. The predicted octanol–water partition coefficient (Wildman–Crippen LogP) is 2.97. The van der Waals surface area contributed by atoms with E-state index in [2.05, 4.69) is 0 Å². The van der Waals surface area contributed by atoms with Gasteiger partial charge in [0.1, 0.15) is 6.17 Å². The van der Waals surface area contributed by atoms with Crippen LogP contribution in [0.3, 0.4) is 0 Å². The maximum absolute atomic E-state index is 16.8. The number of Topliss-reactive ketones (excluding diaryl/α,β-unsaturated/α-hetero) is 1. The second kappa shape index (κ2) is 6.67. The standard InChI is InChI=1S/C23H26F2O5/c1-12(26)30-11-19(28)15-5-4-14-16-9-18(24)17-8-13(27)6-7-22(17,3)23(16,25)20(29)10-21(14,15)2/h5-8,14,16,18,20,29H,4,9-11H2,1-3H3/t14?,16?,18?,20?,21-,22-,23-/m0/s1. The van der Waals surface area contributed by atoms with Gasteiger partial charge in [-0.25, -0.2) is 8.78 Å². The molecule has 4 aliphatic rings. The van der Waals surface area contributed by atoms with Crippen molar-refractivity contribution in [3.8, 4) is 0 Å². The Kier molecular flexibility index (Phi) is 4.69. The second-order valence-corrected chi connectivity index (χ2v) is 9.42. The van der Waals surface area contributed by atoms with Gasteiger partial charge >= 0.3 is 5.97 Å². The van der Waals surface area contributed by atoms with Crippen LogP contribution in [-0.2, 0) is 19.1 Å². The number of halogens is 2. The van der Waals surface area contributed by atoms with Crippen LogP contribution < -0.4 is 0 Å². The molecule has 0 aliphatic heterocycles. The number of carbonyl (C=O) groups is 3. The lowest BCUT2D eigenvalue weighted by atomic mass is 9.45. The Morgan fingerprint density at radius 1 is 1.30 bits per heavy atom. The summed E-state index contributed by atoms with van der Waals surface area (Å²) in [5, 5.41) is 11.1. The number of allylic oxidation sites excluding steroid dienone is 5. The molecule has 0 bridgehead atoms. The van der Waals surface area contributed by atoms with E-state index in [0.717, 1.165) is 6.08 Å². The van der Waals surface area contributed by atoms with E-state index in [1.807, 2.05) is 0 Å². The third kappa shape index (κ3) is 2.63. The summed E-state index contributed by atoms with van der Waals surface area (Å²) in [7, 11) is 0. The fraction of sp³-hybridized carbons (Fsp3) is 0.609. The third-order valence-electron chi connectivity index (χ3n) is 7.92. The average Bonchev–Trinajstić information content (AvgIpc) is 3.00. The van der Waals surface area contributed by atoms with Gasteiger partial charge in [0.25, 0.3) is 0 Å². The minimum Gasteiger partial charge on any atom is -0.457 e. The van der Waals surface area contributed by atoms with Crippen LogP contribution in [-0.4, -0.2) is 47.2 Å². The Morgan fingerprint density at radius 3 is 2.67 bits per heavy atom. The van der Waals surface area contributed by atoms with E-state index in [9.17, 15) is 19.5 Å². The van der Waals surface area contributed by atoms with Crippen molar-refractivity contribution in [2.75, 3.05) is 6.61 Å². The predicted molar refractivity (Wildman–Crippen MR) is 104 cm³/mol. The van der Waals surface area contributed by atoms with Crippen LogP contribution in [0.2, 0.25) is 0 Å². The van der Waals surface area contributed by atoms with E-state index in [1.165, 1.54) is 19.1 Å². The largest absolute Gasteiger partial charge is 0.457 e. The number of alkyl halides is 2. The van der Waals surface area contributed by atoms with Gasteiger partial charge in [0.2, 0.25) is 0 Å². The normalized spacial score (nSPS) is 44.4. The van der Waals surface area contributed by atoms with Gasteiger partial charge in [0, 0.05) is 29.2 Å². The lowest BCUT2D eigenvalue weighted by Gasteiger charge is -2.62. The fourth-order valence-corrected chi connectivity index (χ4v) is 6.45. The maximum Gasteiger partial charge on any atom is 0.303 e. The van der Waals surface area contributed by atoms with Crippen molar-refractivity contribution in [3.63, 3.8) is 0 Å². The van der Waals surface area contributed by atoms with E-state index in [-0.39, 0.29) is 35.9 Å². The molecule has 162 valence electrons. The number of aliphatic hydroxyl groups excluding tert-OH is 1. The molecule has 0 aromatic carbocycles. The van der Waals surface area contributed by atoms with Crippen LogP contribution in [0, 0.1) is 22.7 Å². The van der Waals surface area contributed by atoms with E-state index in [4.69, 9.17) is 4.74 Å². The first-order chi connectivity index (χ1) is 13.9. The number of aliphatic hydroxyl groups is 1. The minimum absolute atomic E-state index is 0.01000. The monoisotopic (exact) mass is 420 g/mol. The highest BCUT2D eigenvalue weighted by Crippen LogP contribution is 2.68. The number of esters is 1. The zero-order valence-electron chi connectivity index (χ0n) is 17.3. The molecule has 4 rings (SSSR count). The molecule has 0 aromatic heterocycles. The zero-order chi connectivity index (χ0) is 22.1. The molecule has 0 radical (unpaired) electrons. The summed E-state index contributed by atoms with van der Waals surface area (Å²) in [6.45, 7) is 4.14. The van der Waals surface area contributed by atoms with Crippen LogP contribution in [0.1, 0.15) is 40.0 Å². The summed E-state index contributed by atoms with van der Waals surface area (Å²) in [6, 6.07) is 0. The topological polar surface area (TPSA) is 80.7 Å². The first kappa shape index (κ1) is 21.1. The van der Waals surface area contributed by atoms with Gasteiger partial charge in [0.15, 0.2) is 23.8 Å². The molecule has 0 amide bonds. The molecular weight excluding hydrogens is 394 g/mol. The average molecular weight is 420 g/mol. The number of rotatable bonds is 3. The van der Waals surface area contributed by atoms with Crippen LogP contribution in [0.5, 0.6) is 0 Å². The van der Waals surface area contributed by atoms with Crippen molar-refractivity contribution >= 4 is 17.5 Å². The van der Waals surface area contributed by atoms with Gasteiger partial charge in [-0.15, -0.1) is 0 Å². The van der Waals surface area contributed by atoms with Crippen molar-refractivity contribution in [2.45, 2.75) is 58.0 Å². The van der Waals surface area contributed by atoms with E-state index >= 15 is 8.78 Å². The first-order valence-corrected chi connectivity index (χ1v) is 10.3. The van der Waals surface area contributed by atoms with Crippen LogP contribution >= 0.6 is 0 Å². The van der Waals surface area contributed by atoms with Gasteiger partial charge in [-0.3, -0.25) is 14.4 Å². The van der Waals surface area contributed by atoms with Crippen molar-refractivity contribution in [1.29, 1.82) is 0 Å². The summed E-state index contributed by atoms with van der Waals surface area (Å²) in [5.74, 6) is -2.56. The van der Waals surface area contributed by atoms with Crippen LogP contribution in [0.25, 0.3) is 0 Å². The number of hydrogen-bond acceptors (Lipinski definition) is 5. The maximum atomic E-state index is 16.8. The molecule has 30 heavy (non-hydrogen) atoms. The van der Waals surface area contributed by atoms with Crippen LogP contribution in [0.4, 0.5) is 8.78 Å². The number of fused-ring (bicyclic) bond motifs is 5. The first-order valence-electron chi connectivity index (χ1n) is 10.3. The number of ketones is 2.